The summed E-state index contributed by atoms with van der Waals surface area (Å²) in [4.78, 5) is 7.43. The van der Waals surface area contributed by atoms with E-state index in [1.54, 1.807) is 0 Å². The Bertz CT molecular complexity index is 819. The van der Waals surface area contributed by atoms with Crippen molar-refractivity contribution in [3.05, 3.63) is 59.1 Å². The van der Waals surface area contributed by atoms with Crippen molar-refractivity contribution in [2.24, 2.45) is 4.99 Å². The first-order valence-corrected chi connectivity index (χ1v) is 9.66. The van der Waals surface area contributed by atoms with E-state index in [0.717, 1.165) is 61.1 Å². The summed E-state index contributed by atoms with van der Waals surface area (Å²) in [5, 5.41) is 8.21. The van der Waals surface area contributed by atoms with Gasteiger partial charge in [-0.2, -0.15) is 0 Å². The summed E-state index contributed by atoms with van der Waals surface area (Å²) in [6, 6.07) is 16.3. The number of fused-ring (bicyclic) bond motifs is 1. The van der Waals surface area contributed by atoms with Gasteiger partial charge in [-0.25, -0.2) is 4.99 Å². The predicted octanol–water partition coefficient (Wildman–Crippen LogP) is 4.44. The number of hydrogen-bond donors (Lipinski definition) is 2. The third kappa shape index (κ3) is 3.57. The first kappa shape index (κ1) is 17.4. The number of aliphatic imine (C=N–C) groups is 1. The first-order chi connectivity index (χ1) is 12.6. The fourth-order valence-electron chi connectivity index (χ4n) is 3.89. The van der Waals surface area contributed by atoms with Crippen molar-refractivity contribution in [1.29, 1.82) is 0 Å². The van der Waals surface area contributed by atoms with Crippen molar-refractivity contribution in [1.82, 2.24) is 10.2 Å². The van der Waals surface area contributed by atoms with Crippen LogP contribution < -0.4 is 10.6 Å². The monoisotopic (exact) mass is 368 g/mol. The van der Waals surface area contributed by atoms with Crippen LogP contribution in [0.4, 0.5) is 11.4 Å². The van der Waals surface area contributed by atoms with Gasteiger partial charge in [-0.15, -0.1) is 0 Å². The normalized spacial score (nSPS) is 22.9. The minimum absolute atomic E-state index is 0.127. The van der Waals surface area contributed by atoms with E-state index in [1.807, 2.05) is 24.3 Å². The van der Waals surface area contributed by atoms with Gasteiger partial charge in [0.05, 0.1) is 16.9 Å². The number of likely N-dealkylation sites (tertiary alicyclic amines) is 1. The van der Waals surface area contributed by atoms with Gasteiger partial charge in [0.25, 0.3) is 0 Å². The highest BCUT2D eigenvalue weighted by Crippen LogP contribution is 2.37. The smallest absolute Gasteiger partial charge is 0.128 e. The SMILES string of the molecule is CN1CCCC2(CC1)Nc1ccccc1N=C2NCc1cccc(Cl)c1. The number of amidine groups is 1. The second-order valence-corrected chi connectivity index (χ2v) is 7.76. The molecule has 1 saturated heterocycles. The van der Waals surface area contributed by atoms with Crippen LogP contribution in [0, 0.1) is 0 Å². The molecule has 2 heterocycles. The Balaban J connectivity index is 1.64. The molecule has 1 spiro atoms. The number of rotatable bonds is 2. The predicted molar refractivity (Wildman–Crippen MR) is 110 cm³/mol. The third-order valence-electron chi connectivity index (χ3n) is 5.38. The lowest BCUT2D eigenvalue weighted by atomic mass is 9.86. The lowest BCUT2D eigenvalue weighted by Gasteiger charge is -2.39. The molecule has 0 bridgehead atoms. The molecule has 0 aliphatic carbocycles. The summed E-state index contributed by atoms with van der Waals surface area (Å²) in [6.45, 7) is 2.92. The van der Waals surface area contributed by atoms with Crippen molar-refractivity contribution in [2.45, 2.75) is 31.3 Å². The summed E-state index contributed by atoms with van der Waals surface area (Å²) >= 11 is 6.14. The van der Waals surface area contributed by atoms with Crippen LogP contribution in [0.15, 0.2) is 53.5 Å². The van der Waals surface area contributed by atoms with Gasteiger partial charge in [-0.1, -0.05) is 35.9 Å². The van der Waals surface area contributed by atoms with Crippen LogP contribution in [-0.2, 0) is 6.54 Å². The third-order valence-corrected chi connectivity index (χ3v) is 5.61. The van der Waals surface area contributed by atoms with E-state index in [1.165, 1.54) is 5.56 Å². The van der Waals surface area contributed by atoms with Crippen molar-refractivity contribution in [3.8, 4) is 0 Å². The lowest BCUT2D eigenvalue weighted by molar-refractivity contribution is 0.345. The topological polar surface area (TPSA) is 39.7 Å². The quantitative estimate of drug-likeness (QED) is 0.823. The zero-order chi connectivity index (χ0) is 18.0. The van der Waals surface area contributed by atoms with E-state index in [4.69, 9.17) is 16.6 Å². The van der Waals surface area contributed by atoms with Gasteiger partial charge in [0, 0.05) is 18.1 Å². The fraction of sp³-hybridized carbons (Fsp3) is 0.381. The zero-order valence-corrected chi connectivity index (χ0v) is 15.9. The molecule has 1 unspecified atom stereocenters. The Morgan fingerprint density at radius 3 is 2.92 bits per heavy atom. The number of nitrogens with zero attached hydrogens (tertiary/aromatic N) is 2. The minimum Gasteiger partial charge on any atom is -0.371 e. The molecule has 4 rings (SSSR count). The van der Waals surface area contributed by atoms with Crippen molar-refractivity contribution in [3.63, 3.8) is 0 Å². The van der Waals surface area contributed by atoms with E-state index >= 15 is 0 Å². The van der Waals surface area contributed by atoms with Gasteiger partial charge in [-0.05, 0) is 62.7 Å². The van der Waals surface area contributed by atoms with Crippen molar-refractivity contribution >= 4 is 28.8 Å². The molecule has 0 saturated carbocycles. The van der Waals surface area contributed by atoms with E-state index in [-0.39, 0.29) is 5.54 Å². The van der Waals surface area contributed by atoms with Gasteiger partial charge in [-0.3, -0.25) is 0 Å². The van der Waals surface area contributed by atoms with Crippen molar-refractivity contribution < 1.29 is 0 Å². The molecule has 1 atom stereocenters. The highest BCUT2D eigenvalue weighted by Gasteiger charge is 2.40. The van der Waals surface area contributed by atoms with Crippen LogP contribution in [0.5, 0.6) is 0 Å². The van der Waals surface area contributed by atoms with Gasteiger partial charge in [0.2, 0.25) is 0 Å². The second-order valence-electron chi connectivity index (χ2n) is 7.32. The van der Waals surface area contributed by atoms with Gasteiger partial charge in [0.1, 0.15) is 5.84 Å². The molecule has 0 radical (unpaired) electrons. The van der Waals surface area contributed by atoms with Crippen LogP contribution in [0.2, 0.25) is 5.02 Å². The van der Waals surface area contributed by atoms with Crippen LogP contribution in [0.25, 0.3) is 0 Å². The molecule has 2 aromatic carbocycles. The Labute approximate surface area is 160 Å². The highest BCUT2D eigenvalue weighted by atomic mass is 35.5. The van der Waals surface area contributed by atoms with Crippen LogP contribution in [0.1, 0.15) is 24.8 Å². The Morgan fingerprint density at radius 1 is 1.15 bits per heavy atom. The molecule has 26 heavy (non-hydrogen) atoms. The van der Waals surface area contributed by atoms with Crippen LogP contribution in [-0.4, -0.2) is 36.4 Å². The van der Waals surface area contributed by atoms with E-state index in [0.29, 0.717) is 0 Å². The summed E-state index contributed by atoms with van der Waals surface area (Å²) in [7, 11) is 2.20. The standard InChI is InChI=1S/C21H25ClN4/c1-26-12-5-10-21(11-13-26)20(23-15-16-6-4-7-17(22)14-16)24-18-8-2-3-9-19(18)25-21/h2-4,6-9,14,25H,5,10-13,15H2,1H3,(H,23,24). The molecule has 4 nitrogen and oxygen atoms in total. The molecule has 5 heteroatoms. The van der Waals surface area contributed by atoms with E-state index in [2.05, 4.69) is 46.8 Å². The summed E-state index contributed by atoms with van der Waals surface area (Å²) < 4.78 is 0. The minimum atomic E-state index is -0.127. The molecule has 2 aromatic rings. The number of nitrogens with one attached hydrogen (secondary N) is 2. The Morgan fingerprint density at radius 2 is 2.04 bits per heavy atom. The van der Waals surface area contributed by atoms with Gasteiger partial charge >= 0.3 is 0 Å². The molecule has 136 valence electrons. The summed E-state index contributed by atoms with van der Waals surface area (Å²) in [5.74, 6) is 1.05. The number of hydrogen-bond acceptors (Lipinski definition) is 4. The average Bonchev–Trinajstić information content (AvgIpc) is 2.82. The van der Waals surface area contributed by atoms with E-state index in [9.17, 15) is 0 Å². The fourth-order valence-corrected chi connectivity index (χ4v) is 4.11. The highest BCUT2D eigenvalue weighted by molar-refractivity contribution is 6.30. The maximum Gasteiger partial charge on any atom is 0.128 e. The summed E-state index contributed by atoms with van der Waals surface area (Å²) in [6.07, 6.45) is 3.27. The number of benzene rings is 2. The van der Waals surface area contributed by atoms with Crippen molar-refractivity contribution in [2.75, 3.05) is 25.5 Å². The molecule has 1 fully saturated rings. The molecular weight excluding hydrogens is 344 g/mol. The number of halogens is 1. The lowest BCUT2D eigenvalue weighted by Crippen LogP contribution is -2.54. The molecular formula is C21H25ClN4. The van der Waals surface area contributed by atoms with Gasteiger partial charge < -0.3 is 15.5 Å². The summed E-state index contributed by atoms with van der Waals surface area (Å²) in [5.41, 5.74) is 3.17. The maximum atomic E-state index is 6.14. The van der Waals surface area contributed by atoms with Crippen LogP contribution >= 0.6 is 11.6 Å². The second kappa shape index (κ2) is 7.29. The molecule has 0 aromatic heterocycles. The number of para-hydroxylation sites is 2. The molecule has 2 aliphatic heterocycles. The first-order valence-electron chi connectivity index (χ1n) is 9.28. The average molecular weight is 369 g/mol. The Kier molecular flexibility index (Phi) is 4.88. The number of anilines is 1. The molecule has 2 aliphatic rings. The van der Waals surface area contributed by atoms with Gasteiger partial charge in [0.15, 0.2) is 0 Å². The molecule has 2 N–H and O–H groups in total. The van der Waals surface area contributed by atoms with E-state index < -0.39 is 0 Å². The Hall–Kier alpha value is -2.04. The zero-order valence-electron chi connectivity index (χ0n) is 15.1. The molecule has 0 amide bonds. The largest absolute Gasteiger partial charge is 0.371 e. The maximum absolute atomic E-state index is 6.14. The van der Waals surface area contributed by atoms with Crippen LogP contribution in [0.3, 0.4) is 0 Å².